The van der Waals surface area contributed by atoms with Crippen LogP contribution in [0.1, 0.15) is 29.6 Å². The Morgan fingerprint density at radius 3 is 2.89 bits per heavy atom. The van der Waals surface area contributed by atoms with Gasteiger partial charge in [0.1, 0.15) is 5.82 Å². The number of halogens is 2. The third kappa shape index (κ3) is 3.21. The summed E-state index contributed by atoms with van der Waals surface area (Å²) < 4.78 is 13.4. The largest absolute Gasteiger partial charge is 0.393 e. The summed E-state index contributed by atoms with van der Waals surface area (Å²) in [7, 11) is 0. The van der Waals surface area contributed by atoms with E-state index < -0.39 is 11.7 Å². The first-order chi connectivity index (χ1) is 8.59. The Morgan fingerprint density at radius 2 is 2.28 bits per heavy atom. The highest BCUT2D eigenvalue weighted by Gasteiger charge is 2.29. The van der Waals surface area contributed by atoms with Gasteiger partial charge in [0.15, 0.2) is 0 Å². The van der Waals surface area contributed by atoms with Crippen molar-refractivity contribution < 1.29 is 14.3 Å². The number of aliphatic hydroxyl groups excluding tert-OH is 1. The van der Waals surface area contributed by atoms with Crippen LogP contribution in [0.25, 0.3) is 0 Å². The summed E-state index contributed by atoms with van der Waals surface area (Å²) in [5.41, 5.74) is -0.139. The number of aliphatic hydroxyl groups is 1. The molecule has 0 heterocycles. The molecule has 98 valence electrons. The number of amides is 1. The third-order valence-corrected chi connectivity index (χ3v) is 3.40. The van der Waals surface area contributed by atoms with E-state index in [1.165, 1.54) is 18.2 Å². The number of carbonyl (C=O) groups is 1. The summed E-state index contributed by atoms with van der Waals surface area (Å²) in [5, 5.41) is 12.3. The molecule has 1 aromatic carbocycles. The summed E-state index contributed by atoms with van der Waals surface area (Å²) in [4.78, 5) is 11.7. The Balaban J connectivity index is 1.87. The molecule has 2 rings (SSSR count). The zero-order valence-corrected chi connectivity index (χ0v) is 10.6. The van der Waals surface area contributed by atoms with Crippen LogP contribution in [0, 0.1) is 11.7 Å². The van der Waals surface area contributed by atoms with Crippen molar-refractivity contribution in [1.29, 1.82) is 0 Å². The van der Waals surface area contributed by atoms with Crippen LogP contribution in [-0.4, -0.2) is 23.7 Å². The molecule has 1 aliphatic rings. The summed E-state index contributed by atoms with van der Waals surface area (Å²) in [6, 6.07) is 4.11. The molecular formula is C13H15ClFNO2. The predicted octanol–water partition coefficient (Wildman–Crippen LogP) is 2.37. The number of hydrogen-bond acceptors (Lipinski definition) is 2. The van der Waals surface area contributed by atoms with E-state index in [0.29, 0.717) is 18.9 Å². The fourth-order valence-corrected chi connectivity index (χ4v) is 2.10. The fourth-order valence-electron chi connectivity index (χ4n) is 1.85. The summed E-state index contributed by atoms with van der Waals surface area (Å²) >= 11 is 5.78. The van der Waals surface area contributed by atoms with E-state index in [2.05, 4.69) is 5.32 Å². The fraction of sp³-hybridized carbons (Fsp3) is 0.462. The van der Waals surface area contributed by atoms with E-state index >= 15 is 0 Å². The highest BCUT2D eigenvalue weighted by atomic mass is 35.5. The number of hydrogen-bond donors (Lipinski definition) is 2. The Morgan fingerprint density at radius 1 is 1.56 bits per heavy atom. The first kappa shape index (κ1) is 13.3. The maximum absolute atomic E-state index is 13.4. The average molecular weight is 272 g/mol. The molecule has 0 radical (unpaired) electrons. The molecule has 1 saturated carbocycles. The lowest BCUT2D eigenvalue weighted by atomic mass is 10.1. The van der Waals surface area contributed by atoms with E-state index in [-0.39, 0.29) is 16.7 Å². The van der Waals surface area contributed by atoms with Crippen LogP contribution in [0.3, 0.4) is 0 Å². The number of carbonyl (C=O) groups excluding carboxylic acids is 1. The van der Waals surface area contributed by atoms with Crippen molar-refractivity contribution in [2.75, 3.05) is 6.54 Å². The molecule has 2 N–H and O–H groups in total. The Hall–Kier alpha value is -1.13. The van der Waals surface area contributed by atoms with E-state index in [1.54, 1.807) is 0 Å². The van der Waals surface area contributed by atoms with Crippen molar-refractivity contribution in [2.45, 2.75) is 25.4 Å². The Bertz CT molecular complexity index is 428. The van der Waals surface area contributed by atoms with Crippen molar-refractivity contribution in [3.63, 3.8) is 0 Å². The first-order valence-corrected chi connectivity index (χ1v) is 6.37. The molecule has 0 spiro atoms. The van der Waals surface area contributed by atoms with Crippen molar-refractivity contribution in [3.05, 3.63) is 34.6 Å². The van der Waals surface area contributed by atoms with Crippen LogP contribution in [0.5, 0.6) is 0 Å². The maximum Gasteiger partial charge on any atom is 0.255 e. The molecule has 5 heteroatoms. The maximum atomic E-state index is 13.4. The van der Waals surface area contributed by atoms with Gasteiger partial charge in [0.25, 0.3) is 5.91 Å². The van der Waals surface area contributed by atoms with Crippen molar-refractivity contribution in [2.24, 2.45) is 5.92 Å². The van der Waals surface area contributed by atoms with Crippen LogP contribution >= 0.6 is 11.6 Å². The van der Waals surface area contributed by atoms with Gasteiger partial charge in [-0.1, -0.05) is 17.7 Å². The second kappa shape index (κ2) is 5.67. The van der Waals surface area contributed by atoms with Gasteiger partial charge in [-0.15, -0.1) is 0 Å². The lowest BCUT2D eigenvalue weighted by Crippen LogP contribution is -2.28. The van der Waals surface area contributed by atoms with Gasteiger partial charge in [-0.2, -0.15) is 0 Å². The molecule has 0 unspecified atom stereocenters. The van der Waals surface area contributed by atoms with E-state index in [0.717, 1.165) is 12.8 Å². The Kier molecular flexibility index (Phi) is 4.19. The Labute approximate surface area is 110 Å². The zero-order valence-electron chi connectivity index (χ0n) is 9.83. The molecule has 1 aromatic rings. The molecule has 1 amide bonds. The molecule has 0 aromatic heterocycles. The van der Waals surface area contributed by atoms with Gasteiger partial charge in [-0.25, -0.2) is 4.39 Å². The molecule has 0 saturated heterocycles. The molecule has 1 fully saturated rings. The highest BCUT2D eigenvalue weighted by Crippen LogP contribution is 2.33. The summed E-state index contributed by atoms with van der Waals surface area (Å²) in [6.07, 6.45) is 2.21. The van der Waals surface area contributed by atoms with Crippen molar-refractivity contribution in [3.8, 4) is 0 Å². The van der Waals surface area contributed by atoms with Gasteiger partial charge in [0, 0.05) is 6.54 Å². The van der Waals surface area contributed by atoms with Gasteiger partial charge < -0.3 is 10.4 Å². The lowest BCUT2D eigenvalue weighted by Gasteiger charge is -2.11. The standard InChI is InChI=1S/C13H15ClFNO2/c14-9-2-1-3-10(15)12(9)13(18)16-7-6-11(17)8-4-5-8/h1-3,8,11,17H,4-7H2,(H,16,18)/t11-/m0/s1. The average Bonchev–Trinajstić information content (AvgIpc) is 3.12. The summed E-state index contributed by atoms with van der Waals surface area (Å²) in [6.45, 7) is 0.321. The van der Waals surface area contributed by atoms with Crippen LogP contribution in [0.4, 0.5) is 4.39 Å². The van der Waals surface area contributed by atoms with E-state index in [4.69, 9.17) is 11.6 Å². The van der Waals surface area contributed by atoms with Gasteiger partial charge in [0.05, 0.1) is 16.7 Å². The topological polar surface area (TPSA) is 49.3 Å². The minimum atomic E-state index is -0.636. The monoisotopic (exact) mass is 271 g/mol. The van der Waals surface area contributed by atoms with Crippen LogP contribution in [0.15, 0.2) is 18.2 Å². The van der Waals surface area contributed by atoms with Crippen LogP contribution in [0.2, 0.25) is 5.02 Å². The number of benzene rings is 1. The van der Waals surface area contributed by atoms with Gasteiger partial charge in [-0.05, 0) is 37.3 Å². The molecule has 1 aliphatic carbocycles. The van der Waals surface area contributed by atoms with Gasteiger partial charge >= 0.3 is 0 Å². The van der Waals surface area contributed by atoms with E-state index in [9.17, 15) is 14.3 Å². The second-order valence-electron chi connectivity index (χ2n) is 4.55. The highest BCUT2D eigenvalue weighted by molar-refractivity contribution is 6.33. The summed E-state index contributed by atoms with van der Waals surface area (Å²) in [5.74, 6) is -0.803. The normalized spacial score (nSPS) is 16.4. The van der Waals surface area contributed by atoms with Gasteiger partial charge in [0.2, 0.25) is 0 Å². The zero-order chi connectivity index (χ0) is 13.1. The van der Waals surface area contributed by atoms with E-state index in [1.807, 2.05) is 0 Å². The molecule has 0 aliphatic heterocycles. The number of nitrogens with one attached hydrogen (secondary N) is 1. The third-order valence-electron chi connectivity index (χ3n) is 3.08. The molecule has 0 bridgehead atoms. The first-order valence-electron chi connectivity index (χ1n) is 6.00. The molecule has 3 nitrogen and oxygen atoms in total. The lowest BCUT2D eigenvalue weighted by molar-refractivity contribution is 0.0933. The minimum Gasteiger partial charge on any atom is -0.393 e. The van der Waals surface area contributed by atoms with Crippen LogP contribution < -0.4 is 5.32 Å². The minimum absolute atomic E-state index is 0.0928. The smallest absolute Gasteiger partial charge is 0.255 e. The second-order valence-corrected chi connectivity index (χ2v) is 4.95. The number of rotatable bonds is 5. The SMILES string of the molecule is O=C(NCC[C@H](O)C1CC1)c1c(F)cccc1Cl. The quantitative estimate of drug-likeness (QED) is 0.864. The van der Waals surface area contributed by atoms with Gasteiger partial charge in [-0.3, -0.25) is 4.79 Å². The predicted molar refractivity (Wildman–Crippen MR) is 67.1 cm³/mol. The van der Waals surface area contributed by atoms with Crippen molar-refractivity contribution in [1.82, 2.24) is 5.32 Å². The van der Waals surface area contributed by atoms with Crippen LogP contribution in [-0.2, 0) is 0 Å². The molecular weight excluding hydrogens is 257 g/mol. The van der Waals surface area contributed by atoms with Crippen molar-refractivity contribution >= 4 is 17.5 Å². The molecule has 18 heavy (non-hydrogen) atoms. The molecule has 1 atom stereocenters.